The molecule has 1 aliphatic carbocycles. The van der Waals surface area contributed by atoms with Crippen molar-refractivity contribution >= 4 is 38.8 Å². The number of anilines is 1. The van der Waals surface area contributed by atoms with E-state index in [1.165, 1.54) is 12.1 Å². The second-order valence-corrected chi connectivity index (χ2v) is 9.38. The van der Waals surface area contributed by atoms with Crippen molar-refractivity contribution in [2.45, 2.75) is 42.7 Å². The lowest BCUT2D eigenvalue weighted by molar-refractivity contribution is 0.305. The molecule has 3 aromatic rings. The SMILES string of the molecule is NC1=NC2(CCCCC2)N(c2ccc(S(=O)(=O)O)cc2-c2nc3ccccc3o2)C(N)=N1. The molecule has 32 heavy (non-hydrogen) atoms. The first-order valence-corrected chi connectivity index (χ1v) is 11.7. The van der Waals surface area contributed by atoms with Crippen LogP contribution < -0.4 is 16.4 Å². The Morgan fingerprint density at radius 3 is 2.53 bits per heavy atom. The van der Waals surface area contributed by atoms with Gasteiger partial charge in [-0.1, -0.05) is 18.6 Å². The van der Waals surface area contributed by atoms with Gasteiger partial charge in [0.15, 0.2) is 5.58 Å². The molecule has 5 N–H and O–H groups in total. The Kier molecular flexibility index (Phi) is 4.68. The Hall–Kier alpha value is -3.44. The first-order chi connectivity index (χ1) is 15.3. The minimum atomic E-state index is -4.46. The molecule has 0 unspecified atom stereocenters. The summed E-state index contributed by atoms with van der Waals surface area (Å²) in [4.78, 5) is 14.8. The first kappa shape index (κ1) is 20.5. The van der Waals surface area contributed by atoms with Gasteiger partial charge in [-0.25, -0.2) is 9.98 Å². The monoisotopic (exact) mass is 454 g/mol. The van der Waals surface area contributed by atoms with Crippen LogP contribution in [0.2, 0.25) is 0 Å². The van der Waals surface area contributed by atoms with Gasteiger partial charge in [-0.3, -0.25) is 9.45 Å². The largest absolute Gasteiger partial charge is 0.436 e. The summed E-state index contributed by atoms with van der Waals surface area (Å²) in [5.74, 6) is 0.447. The zero-order valence-electron chi connectivity index (χ0n) is 17.1. The highest BCUT2D eigenvalue weighted by Crippen LogP contribution is 2.43. The number of para-hydroxylation sites is 2. The van der Waals surface area contributed by atoms with Crippen molar-refractivity contribution in [3.05, 3.63) is 42.5 Å². The van der Waals surface area contributed by atoms with E-state index in [0.717, 1.165) is 19.3 Å². The van der Waals surface area contributed by atoms with Crippen LogP contribution in [0, 0.1) is 0 Å². The zero-order valence-corrected chi connectivity index (χ0v) is 17.9. The number of rotatable bonds is 3. The number of fused-ring (bicyclic) bond motifs is 1. The Morgan fingerprint density at radius 2 is 1.81 bits per heavy atom. The summed E-state index contributed by atoms with van der Waals surface area (Å²) in [6, 6.07) is 11.4. The number of benzene rings is 2. The van der Waals surface area contributed by atoms with Gasteiger partial charge in [0.25, 0.3) is 10.1 Å². The van der Waals surface area contributed by atoms with Crippen molar-refractivity contribution in [1.82, 2.24) is 4.98 Å². The van der Waals surface area contributed by atoms with E-state index >= 15 is 0 Å². The van der Waals surface area contributed by atoms with Crippen molar-refractivity contribution in [1.29, 1.82) is 0 Å². The maximum absolute atomic E-state index is 11.9. The summed E-state index contributed by atoms with van der Waals surface area (Å²) in [6.07, 6.45) is 4.35. The van der Waals surface area contributed by atoms with E-state index in [4.69, 9.17) is 15.9 Å². The third kappa shape index (κ3) is 3.39. The fourth-order valence-corrected chi connectivity index (χ4v) is 5.01. The highest BCUT2D eigenvalue weighted by atomic mass is 32.2. The second-order valence-electron chi connectivity index (χ2n) is 7.96. The van der Waals surface area contributed by atoms with Crippen LogP contribution in [-0.2, 0) is 10.1 Å². The molecule has 0 saturated heterocycles. The maximum Gasteiger partial charge on any atom is 0.294 e. The molecule has 2 aromatic carbocycles. The Labute approximate surface area is 184 Å². The zero-order chi connectivity index (χ0) is 22.5. The summed E-state index contributed by atoms with van der Waals surface area (Å²) in [7, 11) is -4.46. The van der Waals surface area contributed by atoms with Gasteiger partial charge >= 0.3 is 0 Å². The molecule has 5 rings (SSSR count). The molecule has 0 atom stereocenters. The number of hydrogen-bond acceptors (Lipinski definition) is 9. The van der Waals surface area contributed by atoms with E-state index in [9.17, 15) is 13.0 Å². The van der Waals surface area contributed by atoms with E-state index in [2.05, 4.69) is 15.0 Å². The van der Waals surface area contributed by atoms with Gasteiger partial charge in [0, 0.05) is 0 Å². The highest BCUT2D eigenvalue weighted by molar-refractivity contribution is 7.85. The van der Waals surface area contributed by atoms with Crippen molar-refractivity contribution in [2.24, 2.45) is 21.5 Å². The molecule has 1 fully saturated rings. The van der Waals surface area contributed by atoms with E-state index in [1.807, 2.05) is 12.1 Å². The molecule has 0 bridgehead atoms. The molecule has 166 valence electrons. The van der Waals surface area contributed by atoms with Gasteiger partial charge in [-0.15, -0.1) is 0 Å². The number of guanidine groups is 2. The quantitative estimate of drug-likeness (QED) is 0.509. The molecule has 1 aliphatic heterocycles. The third-order valence-corrected chi connectivity index (χ3v) is 6.73. The number of aromatic nitrogens is 1. The average molecular weight is 455 g/mol. The molecule has 0 radical (unpaired) electrons. The third-order valence-electron chi connectivity index (χ3n) is 5.88. The van der Waals surface area contributed by atoms with E-state index in [1.54, 1.807) is 23.1 Å². The van der Waals surface area contributed by atoms with Crippen LogP contribution in [0.4, 0.5) is 5.69 Å². The van der Waals surface area contributed by atoms with E-state index in [-0.39, 0.29) is 22.7 Å². The number of nitrogens with zero attached hydrogens (tertiary/aromatic N) is 4. The van der Waals surface area contributed by atoms with Crippen LogP contribution in [0.25, 0.3) is 22.6 Å². The average Bonchev–Trinajstić information content (AvgIpc) is 3.17. The van der Waals surface area contributed by atoms with Crippen LogP contribution in [0.3, 0.4) is 0 Å². The number of hydrogen-bond donors (Lipinski definition) is 3. The number of oxazole rings is 1. The van der Waals surface area contributed by atoms with Crippen molar-refractivity contribution in [3.63, 3.8) is 0 Å². The van der Waals surface area contributed by atoms with E-state index < -0.39 is 15.8 Å². The molecule has 1 saturated carbocycles. The lowest BCUT2D eigenvalue weighted by atomic mass is 9.87. The van der Waals surface area contributed by atoms with Gasteiger partial charge in [0.1, 0.15) is 11.2 Å². The topological polar surface area (TPSA) is 160 Å². The van der Waals surface area contributed by atoms with Gasteiger partial charge in [0.2, 0.25) is 17.8 Å². The second kappa shape index (κ2) is 7.31. The van der Waals surface area contributed by atoms with Crippen molar-refractivity contribution < 1.29 is 17.4 Å². The normalized spacial score (nSPS) is 18.6. The number of aliphatic imine (C=N–C) groups is 2. The molecule has 1 spiro atoms. The van der Waals surface area contributed by atoms with Crippen LogP contribution in [0.15, 0.2) is 61.8 Å². The Balaban J connectivity index is 1.75. The van der Waals surface area contributed by atoms with Gasteiger partial charge in [-0.2, -0.15) is 13.4 Å². The Morgan fingerprint density at radius 1 is 1.06 bits per heavy atom. The Bertz CT molecular complexity index is 1340. The summed E-state index contributed by atoms with van der Waals surface area (Å²) in [5.41, 5.74) is 13.6. The molecule has 2 heterocycles. The standard InChI is InChI=1S/C21H22N6O4S/c22-19-25-20(23)27(21(26-19)10-4-1-5-11-21)16-9-8-13(32(28,29)30)12-14(16)18-24-15-6-2-3-7-17(15)31-18/h2-3,6-9,12H,1,4-5,10-11H2,(H,28,29,30)(H4,22,23,25,26). The fraction of sp³-hybridized carbons (Fsp3) is 0.286. The first-order valence-electron chi connectivity index (χ1n) is 10.2. The lowest BCUT2D eigenvalue weighted by Gasteiger charge is -2.46. The lowest BCUT2D eigenvalue weighted by Crippen LogP contribution is -2.58. The van der Waals surface area contributed by atoms with Crippen LogP contribution in [0.5, 0.6) is 0 Å². The van der Waals surface area contributed by atoms with Crippen molar-refractivity contribution in [2.75, 3.05) is 4.90 Å². The fourth-order valence-electron chi connectivity index (χ4n) is 4.50. The van der Waals surface area contributed by atoms with Crippen molar-refractivity contribution in [3.8, 4) is 11.5 Å². The smallest absolute Gasteiger partial charge is 0.294 e. The van der Waals surface area contributed by atoms with E-state index in [0.29, 0.717) is 35.2 Å². The van der Waals surface area contributed by atoms with Gasteiger partial charge in [0.05, 0.1) is 16.1 Å². The highest BCUT2D eigenvalue weighted by Gasteiger charge is 2.43. The minimum Gasteiger partial charge on any atom is -0.436 e. The summed E-state index contributed by atoms with van der Waals surface area (Å²) in [6.45, 7) is 0. The van der Waals surface area contributed by atoms with Gasteiger partial charge in [-0.05, 0) is 56.0 Å². The predicted molar refractivity (Wildman–Crippen MR) is 121 cm³/mol. The molecular formula is C21H22N6O4S. The summed E-state index contributed by atoms with van der Waals surface area (Å²) in [5, 5.41) is 0. The number of nitrogens with two attached hydrogens (primary N) is 2. The van der Waals surface area contributed by atoms with Crippen LogP contribution >= 0.6 is 0 Å². The molecule has 2 aliphatic rings. The molecule has 0 amide bonds. The molecular weight excluding hydrogens is 432 g/mol. The van der Waals surface area contributed by atoms with Crippen LogP contribution in [-0.4, -0.2) is 35.5 Å². The summed E-state index contributed by atoms with van der Waals surface area (Å²) >= 11 is 0. The summed E-state index contributed by atoms with van der Waals surface area (Å²) < 4.78 is 39.3. The molecule has 1 aromatic heterocycles. The molecule has 11 heteroatoms. The maximum atomic E-state index is 11.9. The van der Waals surface area contributed by atoms with Gasteiger partial charge < -0.3 is 15.9 Å². The predicted octanol–water partition coefficient (Wildman–Crippen LogP) is 2.85. The molecule has 10 nitrogen and oxygen atoms in total. The van der Waals surface area contributed by atoms with Crippen LogP contribution in [0.1, 0.15) is 32.1 Å². The minimum absolute atomic E-state index is 0.110.